The van der Waals surface area contributed by atoms with Gasteiger partial charge in [-0.15, -0.1) is 0 Å². The summed E-state index contributed by atoms with van der Waals surface area (Å²) in [6.07, 6.45) is 6.14. The molecule has 1 fully saturated rings. The molecule has 2 aromatic carbocycles. The summed E-state index contributed by atoms with van der Waals surface area (Å²) >= 11 is 0. The standard InChI is InChI=1S/C39H53N9O8Si/c1-8-47-30(18-24(2)45-47)37(51)44-38-43-28-19-26(35(40)49)22-32(55-23-25-12-13-25)34(28)46(38)15-10-9-14-42-33-29(48(52)53)20-27(36(41)50)21-31(33)54-16-11-17-56-57(6,7)39(3,4)5/h9-10,18-22,25,42H,8,11-17,23H2,1-7H3,(H2,40,49)(H2,41,50)(H,43,44,51). The minimum absolute atomic E-state index is 0.0361. The Balaban J connectivity index is 1.40. The van der Waals surface area contributed by atoms with Crippen molar-refractivity contribution in [3.8, 4) is 11.5 Å². The lowest BCUT2D eigenvalue weighted by molar-refractivity contribution is -0.384. The fraction of sp³-hybridized carbons (Fsp3) is 0.462. The molecule has 17 nitrogen and oxygen atoms in total. The van der Waals surface area contributed by atoms with Crippen molar-refractivity contribution >= 4 is 54.4 Å². The number of nitrogens with one attached hydrogen (secondary N) is 2. The van der Waals surface area contributed by atoms with Gasteiger partial charge in [-0.05, 0) is 75.0 Å². The van der Waals surface area contributed by atoms with Gasteiger partial charge in [-0.3, -0.25) is 34.5 Å². The van der Waals surface area contributed by atoms with E-state index in [1.807, 2.05) is 6.92 Å². The zero-order valence-electron chi connectivity index (χ0n) is 33.6. The highest BCUT2D eigenvalue weighted by Crippen LogP contribution is 2.38. The monoisotopic (exact) mass is 803 g/mol. The van der Waals surface area contributed by atoms with Crippen molar-refractivity contribution in [3.63, 3.8) is 0 Å². The van der Waals surface area contributed by atoms with Gasteiger partial charge < -0.3 is 35.3 Å². The number of aryl methyl sites for hydroxylation is 2. The predicted octanol–water partition coefficient (Wildman–Crippen LogP) is 6.17. The van der Waals surface area contributed by atoms with E-state index in [0.29, 0.717) is 60.3 Å². The SMILES string of the molecule is CCn1nc(C)cc1C(=O)Nc1nc2cc(C(N)=O)cc(OCC3CC3)c2n1CC=CCNc1c(OCCCO[Si](C)(C)C(C)(C)C)cc(C(N)=O)cc1[N+](=O)[O-]. The van der Waals surface area contributed by atoms with Gasteiger partial charge in [0.2, 0.25) is 17.8 Å². The molecule has 1 aliphatic rings. The molecule has 0 atom stereocenters. The predicted molar refractivity (Wildman–Crippen MR) is 220 cm³/mol. The summed E-state index contributed by atoms with van der Waals surface area (Å²) in [5, 5.41) is 22.6. The third-order valence-corrected chi connectivity index (χ3v) is 14.7. The van der Waals surface area contributed by atoms with Crippen LogP contribution >= 0.6 is 0 Å². The first-order valence-corrected chi connectivity index (χ1v) is 21.9. The highest BCUT2D eigenvalue weighted by atomic mass is 28.4. The molecular weight excluding hydrogens is 751 g/mol. The number of hydrogen-bond acceptors (Lipinski definition) is 11. The number of amides is 3. The van der Waals surface area contributed by atoms with Crippen molar-refractivity contribution in [1.29, 1.82) is 0 Å². The second-order valence-electron chi connectivity index (χ2n) is 15.6. The molecule has 4 aromatic rings. The second-order valence-corrected chi connectivity index (χ2v) is 20.4. The van der Waals surface area contributed by atoms with E-state index in [2.05, 4.69) is 49.6 Å². The average Bonchev–Trinajstić information content (AvgIpc) is 3.80. The molecule has 2 heterocycles. The van der Waals surface area contributed by atoms with Crippen LogP contribution in [0, 0.1) is 23.0 Å². The van der Waals surface area contributed by atoms with Crippen LogP contribution < -0.4 is 31.6 Å². The van der Waals surface area contributed by atoms with E-state index in [1.54, 1.807) is 46.5 Å². The maximum atomic E-state index is 13.6. The van der Waals surface area contributed by atoms with Crippen LogP contribution in [0.2, 0.25) is 18.1 Å². The molecular formula is C39H53N9O8Si. The van der Waals surface area contributed by atoms with Crippen LogP contribution in [0.1, 0.15) is 83.9 Å². The van der Waals surface area contributed by atoms with Gasteiger partial charge in [-0.1, -0.05) is 32.9 Å². The number of rotatable bonds is 20. The normalized spacial score (nSPS) is 13.2. The highest BCUT2D eigenvalue weighted by Gasteiger charge is 2.37. The molecule has 0 bridgehead atoms. The van der Waals surface area contributed by atoms with Crippen LogP contribution in [0.15, 0.2) is 42.5 Å². The number of carbonyl (C=O) groups is 3. The number of hydrogen-bond donors (Lipinski definition) is 4. The van der Waals surface area contributed by atoms with E-state index in [9.17, 15) is 24.5 Å². The van der Waals surface area contributed by atoms with Crippen LogP contribution in [0.3, 0.4) is 0 Å². The lowest BCUT2D eigenvalue weighted by atomic mass is 10.1. The van der Waals surface area contributed by atoms with Crippen molar-refractivity contribution in [1.82, 2.24) is 19.3 Å². The number of benzene rings is 2. The highest BCUT2D eigenvalue weighted by molar-refractivity contribution is 6.74. The Morgan fingerprint density at radius 3 is 2.33 bits per heavy atom. The van der Waals surface area contributed by atoms with Crippen molar-refractivity contribution in [2.75, 3.05) is 37.0 Å². The van der Waals surface area contributed by atoms with E-state index in [4.69, 9.17) is 30.4 Å². The summed E-state index contributed by atoms with van der Waals surface area (Å²) < 4.78 is 21.8. The van der Waals surface area contributed by atoms with Crippen molar-refractivity contribution < 1.29 is 33.2 Å². The molecule has 306 valence electrons. The number of carbonyl (C=O) groups excluding carboxylic acids is 3. The minimum atomic E-state index is -1.98. The summed E-state index contributed by atoms with van der Waals surface area (Å²) in [5.74, 6) is -0.815. The number of anilines is 2. The van der Waals surface area contributed by atoms with Crippen molar-refractivity contribution in [2.45, 2.75) is 85.1 Å². The fourth-order valence-corrected chi connectivity index (χ4v) is 6.86. The number of nitrogens with zero attached hydrogens (tertiary/aromatic N) is 5. The van der Waals surface area contributed by atoms with E-state index < -0.39 is 31.0 Å². The van der Waals surface area contributed by atoms with Crippen LogP contribution in [0.5, 0.6) is 11.5 Å². The smallest absolute Gasteiger partial charge is 0.296 e. The Morgan fingerprint density at radius 2 is 1.70 bits per heavy atom. The van der Waals surface area contributed by atoms with Gasteiger partial charge in [0.05, 0.1) is 29.3 Å². The zero-order valence-corrected chi connectivity index (χ0v) is 34.6. The number of imidazole rings is 1. The molecule has 2 aromatic heterocycles. The van der Waals surface area contributed by atoms with Crippen LogP contribution in [-0.4, -0.2) is 76.7 Å². The van der Waals surface area contributed by atoms with Gasteiger partial charge in [0.1, 0.15) is 22.7 Å². The number of aromatic nitrogens is 4. The molecule has 0 radical (unpaired) electrons. The molecule has 0 unspecified atom stereocenters. The van der Waals surface area contributed by atoms with E-state index >= 15 is 0 Å². The minimum Gasteiger partial charge on any atom is -0.491 e. The molecule has 0 spiro atoms. The first-order valence-electron chi connectivity index (χ1n) is 19.0. The van der Waals surface area contributed by atoms with E-state index in [0.717, 1.165) is 18.9 Å². The quantitative estimate of drug-likeness (QED) is 0.0259. The number of primary amides is 2. The third-order valence-electron chi connectivity index (χ3n) is 10.2. The third kappa shape index (κ3) is 10.4. The summed E-state index contributed by atoms with van der Waals surface area (Å²) in [6.45, 7) is 16.3. The topological polar surface area (TPSA) is 234 Å². The van der Waals surface area contributed by atoms with Gasteiger partial charge >= 0.3 is 0 Å². The Kier molecular flexibility index (Phi) is 13.1. The number of nitrogens with two attached hydrogens (primary N) is 2. The largest absolute Gasteiger partial charge is 0.491 e. The average molecular weight is 804 g/mol. The summed E-state index contributed by atoms with van der Waals surface area (Å²) in [7, 11) is -1.98. The van der Waals surface area contributed by atoms with E-state index in [-0.39, 0.29) is 58.9 Å². The molecule has 5 rings (SSSR count). The number of allylic oxidation sites excluding steroid dienone is 1. The first-order chi connectivity index (χ1) is 26.9. The number of fused-ring (bicyclic) bond motifs is 1. The Hall–Kier alpha value is -5.75. The molecule has 0 saturated heterocycles. The fourth-order valence-electron chi connectivity index (χ4n) is 5.77. The molecule has 18 heteroatoms. The van der Waals surface area contributed by atoms with Gasteiger partial charge in [0.15, 0.2) is 14.0 Å². The summed E-state index contributed by atoms with van der Waals surface area (Å²) in [4.78, 5) is 54.3. The first kappa shape index (κ1) is 42.4. The molecule has 6 N–H and O–H groups in total. The Labute approximate surface area is 332 Å². The molecule has 57 heavy (non-hydrogen) atoms. The van der Waals surface area contributed by atoms with Gasteiger partial charge in [-0.2, -0.15) is 5.10 Å². The lowest BCUT2D eigenvalue weighted by Gasteiger charge is -2.36. The lowest BCUT2D eigenvalue weighted by Crippen LogP contribution is -2.41. The number of nitro benzene ring substituents is 1. The van der Waals surface area contributed by atoms with Crippen LogP contribution in [0.4, 0.5) is 17.3 Å². The number of nitro groups is 1. The summed E-state index contributed by atoms with van der Waals surface area (Å²) in [6, 6.07) is 7.31. The maximum Gasteiger partial charge on any atom is 0.296 e. The maximum absolute atomic E-state index is 13.6. The van der Waals surface area contributed by atoms with Gasteiger partial charge in [-0.25, -0.2) is 4.98 Å². The van der Waals surface area contributed by atoms with Crippen LogP contribution in [-0.2, 0) is 17.5 Å². The second kappa shape index (κ2) is 17.6. The van der Waals surface area contributed by atoms with Crippen LogP contribution in [0.25, 0.3) is 11.0 Å². The Morgan fingerprint density at radius 1 is 1.02 bits per heavy atom. The zero-order chi connectivity index (χ0) is 41.7. The van der Waals surface area contributed by atoms with Gasteiger partial charge in [0, 0.05) is 49.9 Å². The van der Waals surface area contributed by atoms with Gasteiger partial charge in [0.25, 0.3) is 11.6 Å². The van der Waals surface area contributed by atoms with Crippen molar-refractivity contribution in [2.24, 2.45) is 17.4 Å². The molecule has 0 aliphatic heterocycles. The molecule has 1 aliphatic carbocycles. The van der Waals surface area contributed by atoms with E-state index in [1.165, 1.54) is 6.07 Å². The summed E-state index contributed by atoms with van der Waals surface area (Å²) in [5.41, 5.74) is 13.0. The molecule has 3 amide bonds. The Bertz CT molecular complexity index is 2180. The number of ether oxygens (including phenoxy) is 2. The molecule has 1 saturated carbocycles. The van der Waals surface area contributed by atoms with Crippen molar-refractivity contribution in [3.05, 3.63) is 75.1 Å².